The number of ether oxygens (including phenoxy) is 1. The summed E-state index contributed by atoms with van der Waals surface area (Å²) in [5.41, 5.74) is 0. The number of rotatable bonds is 20. The summed E-state index contributed by atoms with van der Waals surface area (Å²) in [5.74, 6) is -4.80. The number of amides is 4. The van der Waals surface area contributed by atoms with E-state index >= 15 is 0 Å². The second kappa shape index (κ2) is 17.6. The molecule has 12 nitrogen and oxygen atoms in total. The first-order chi connectivity index (χ1) is 19.5. The lowest BCUT2D eigenvalue weighted by molar-refractivity contribution is -0.148. The fourth-order valence-electron chi connectivity index (χ4n) is 4.16. The summed E-state index contributed by atoms with van der Waals surface area (Å²) in [6.45, 7) is 11.9. The number of ketones is 1. The molecular weight excluding hydrogens is 562 g/mol. The molecule has 236 valence electrons. The highest BCUT2D eigenvalue weighted by molar-refractivity contribution is 6.76. The average molecular weight is 610 g/mol. The van der Waals surface area contributed by atoms with E-state index in [1.54, 1.807) is 13.8 Å². The van der Waals surface area contributed by atoms with Crippen LogP contribution in [0.3, 0.4) is 0 Å². The van der Waals surface area contributed by atoms with Crippen LogP contribution in [0.1, 0.15) is 65.7 Å². The van der Waals surface area contributed by atoms with Gasteiger partial charge < -0.3 is 20.5 Å². The zero-order chi connectivity index (χ0) is 32.0. The van der Waals surface area contributed by atoms with Gasteiger partial charge in [0.05, 0.1) is 12.6 Å². The van der Waals surface area contributed by atoms with Crippen LogP contribution in [0.4, 0.5) is 0 Å². The van der Waals surface area contributed by atoms with Crippen LogP contribution in [0.15, 0.2) is 12.2 Å². The molecule has 0 aromatic carbocycles. The Morgan fingerprint density at radius 2 is 1.55 bits per heavy atom. The quantitative estimate of drug-likeness (QED) is 0.0810. The van der Waals surface area contributed by atoms with Crippen LogP contribution in [0.25, 0.3) is 0 Å². The lowest BCUT2D eigenvalue weighted by atomic mass is 9.92. The lowest BCUT2D eigenvalue weighted by Gasteiger charge is -2.24. The second-order valence-corrected chi connectivity index (χ2v) is 17.9. The van der Waals surface area contributed by atoms with Crippen molar-refractivity contribution in [2.75, 3.05) is 13.2 Å². The molecule has 3 N–H and O–H groups in total. The van der Waals surface area contributed by atoms with Crippen molar-refractivity contribution in [3.05, 3.63) is 12.2 Å². The van der Waals surface area contributed by atoms with Gasteiger partial charge >= 0.3 is 11.9 Å². The summed E-state index contributed by atoms with van der Waals surface area (Å²) < 4.78 is 5.31. The third-order valence-corrected chi connectivity index (χ3v) is 8.52. The molecule has 0 aromatic rings. The molecule has 0 saturated carbocycles. The number of nitrogens with zero attached hydrogens (tertiary/aromatic N) is 1. The molecule has 0 aliphatic carbocycles. The van der Waals surface area contributed by atoms with Crippen LogP contribution in [0.2, 0.25) is 25.7 Å². The number of Topliss-reactive ketones (excluding diaryl/α,β-unsaturated/α-hetero) is 1. The van der Waals surface area contributed by atoms with E-state index in [1.807, 2.05) is 0 Å². The van der Waals surface area contributed by atoms with Crippen LogP contribution in [-0.4, -0.2) is 84.7 Å². The number of carboxylic acid groups (broad SMARTS) is 1. The highest BCUT2D eigenvalue weighted by Crippen LogP contribution is 2.14. The predicted octanol–water partition coefficient (Wildman–Crippen LogP) is 2.44. The molecule has 0 unspecified atom stereocenters. The molecule has 0 saturated heterocycles. The van der Waals surface area contributed by atoms with Crippen molar-refractivity contribution in [2.45, 2.75) is 103 Å². The van der Waals surface area contributed by atoms with Gasteiger partial charge in [-0.1, -0.05) is 46.8 Å². The van der Waals surface area contributed by atoms with Crippen LogP contribution in [0.5, 0.6) is 0 Å². The third kappa shape index (κ3) is 14.0. The number of hydrogen-bond donors (Lipinski definition) is 3. The molecule has 0 spiro atoms. The number of unbranched alkanes of at least 4 members (excludes halogenated alkanes) is 2. The van der Waals surface area contributed by atoms with E-state index in [1.165, 1.54) is 19.1 Å². The maximum Gasteiger partial charge on any atom is 0.328 e. The number of carbonyl (C=O) groups excluding carboxylic acids is 6. The smallest absolute Gasteiger partial charge is 0.328 e. The molecule has 0 bridgehead atoms. The first kappa shape index (κ1) is 36.7. The molecular formula is C29H47N3O9Si. The lowest BCUT2D eigenvalue weighted by Crippen LogP contribution is -2.47. The zero-order valence-electron chi connectivity index (χ0n) is 25.7. The SMILES string of the molecule is CC(C)[C@H](NC(=O)CCCCCN1C(=O)C=CC1=O)C(=O)C[C@@H](C)C(=O)N[C@@H](CCC(=O)O)C(=O)OCC[Si](C)(C)C. The van der Waals surface area contributed by atoms with Gasteiger partial charge in [-0.15, -0.1) is 0 Å². The number of hydrogen-bond acceptors (Lipinski definition) is 8. The Morgan fingerprint density at radius 3 is 2.10 bits per heavy atom. The van der Waals surface area contributed by atoms with Crippen LogP contribution in [-0.2, 0) is 38.3 Å². The topological polar surface area (TPSA) is 176 Å². The minimum absolute atomic E-state index is 0.139. The molecule has 1 aliphatic heterocycles. The summed E-state index contributed by atoms with van der Waals surface area (Å²) >= 11 is 0. The standard InChI is InChI=1S/C29H47N3O9Si/c1-19(2)27(31-23(34)10-8-7-9-15-32-24(35)12-13-25(32)36)22(33)18-20(3)28(39)30-21(11-14-26(37)38)29(40)41-16-17-42(4,5)6/h12-13,19-21,27H,7-11,14-18H2,1-6H3,(H,30,39)(H,31,34)(H,37,38)/t20-,21+,27+/m1/s1. The van der Waals surface area contributed by atoms with Crippen molar-refractivity contribution >= 4 is 49.4 Å². The van der Waals surface area contributed by atoms with Gasteiger partial charge in [-0.05, 0) is 31.2 Å². The van der Waals surface area contributed by atoms with E-state index in [0.717, 1.165) is 10.9 Å². The first-order valence-electron chi connectivity index (χ1n) is 14.6. The van der Waals surface area contributed by atoms with Crippen molar-refractivity contribution < 1.29 is 43.4 Å². The Kier molecular flexibility index (Phi) is 15.3. The van der Waals surface area contributed by atoms with Crippen LogP contribution < -0.4 is 10.6 Å². The highest BCUT2D eigenvalue weighted by Gasteiger charge is 2.30. The Balaban J connectivity index is 2.60. The largest absolute Gasteiger partial charge is 0.481 e. The first-order valence-corrected chi connectivity index (χ1v) is 18.3. The predicted molar refractivity (Wildman–Crippen MR) is 158 cm³/mol. The zero-order valence-corrected chi connectivity index (χ0v) is 26.7. The van der Waals surface area contributed by atoms with E-state index < -0.39 is 43.9 Å². The van der Waals surface area contributed by atoms with Gasteiger partial charge in [-0.2, -0.15) is 0 Å². The highest BCUT2D eigenvalue weighted by atomic mass is 28.3. The summed E-state index contributed by atoms with van der Waals surface area (Å²) in [6.07, 6.45) is 3.65. The van der Waals surface area contributed by atoms with Crippen LogP contribution >= 0.6 is 0 Å². The minimum atomic E-state index is -1.47. The summed E-state index contributed by atoms with van der Waals surface area (Å²) in [6, 6.07) is -1.23. The van der Waals surface area contributed by atoms with Gasteiger partial charge in [-0.25, -0.2) is 4.79 Å². The molecule has 42 heavy (non-hydrogen) atoms. The molecule has 3 atom stereocenters. The number of imide groups is 1. The van der Waals surface area contributed by atoms with Gasteiger partial charge in [-0.3, -0.25) is 33.7 Å². The Morgan fingerprint density at radius 1 is 0.929 bits per heavy atom. The fourth-order valence-corrected chi connectivity index (χ4v) is 4.87. The molecule has 0 radical (unpaired) electrons. The number of nitrogens with one attached hydrogen (secondary N) is 2. The van der Waals surface area contributed by atoms with E-state index in [0.29, 0.717) is 19.3 Å². The molecule has 1 heterocycles. The minimum Gasteiger partial charge on any atom is -0.481 e. The third-order valence-electron chi connectivity index (χ3n) is 6.82. The Labute approximate surface area is 249 Å². The Hall–Kier alpha value is -3.35. The second-order valence-electron chi connectivity index (χ2n) is 12.3. The molecule has 0 fully saturated rings. The van der Waals surface area contributed by atoms with Gasteiger partial charge in [0.1, 0.15) is 6.04 Å². The van der Waals surface area contributed by atoms with Crippen molar-refractivity contribution in [1.82, 2.24) is 15.5 Å². The van der Waals surface area contributed by atoms with E-state index in [4.69, 9.17) is 9.84 Å². The maximum absolute atomic E-state index is 13.1. The molecule has 0 aromatic heterocycles. The number of carbonyl (C=O) groups is 7. The number of aliphatic carboxylic acids is 1. The molecule has 13 heteroatoms. The average Bonchev–Trinajstić information content (AvgIpc) is 3.20. The fraction of sp³-hybridized carbons (Fsp3) is 0.690. The number of esters is 1. The van der Waals surface area contributed by atoms with E-state index in [9.17, 15) is 33.6 Å². The monoisotopic (exact) mass is 609 g/mol. The molecule has 1 rings (SSSR count). The van der Waals surface area contributed by atoms with Crippen LogP contribution in [0, 0.1) is 11.8 Å². The maximum atomic E-state index is 13.1. The summed E-state index contributed by atoms with van der Waals surface area (Å²) in [7, 11) is -1.47. The van der Waals surface area contributed by atoms with Gasteiger partial charge in [0, 0.05) is 52.0 Å². The van der Waals surface area contributed by atoms with Crippen molar-refractivity contribution in [2.24, 2.45) is 11.8 Å². The van der Waals surface area contributed by atoms with E-state index in [2.05, 4.69) is 30.3 Å². The Bertz CT molecular complexity index is 1020. The molecule has 4 amide bonds. The van der Waals surface area contributed by atoms with Crippen molar-refractivity contribution in [3.63, 3.8) is 0 Å². The van der Waals surface area contributed by atoms with Crippen molar-refractivity contribution in [1.29, 1.82) is 0 Å². The number of carboxylic acids is 1. The summed E-state index contributed by atoms with van der Waals surface area (Å²) in [4.78, 5) is 86.5. The van der Waals surface area contributed by atoms with Gasteiger partial charge in [0.15, 0.2) is 5.78 Å². The summed E-state index contributed by atoms with van der Waals surface area (Å²) in [5, 5.41) is 14.3. The van der Waals surface area contributed by atoms with Crippen molar-refractivity contribution in [3.8, 4) is 0 Å². The normalized spacial score (nSPS) is 15.4. The molecule has 1 aliphatic rings. The van der Waals surface area contributed by atoms with Gasteiger partial charge in [0.25, 0.3) is 11.8 Å². The van der Waals surface area contributed by atoms with Gasteiger partial charge in [0.2, 0.25) is 11.8 Å². The van der Waals surface area contributed by atoms with E-state index in [-0.39, 0.29) is 68.3 Å².